The summed E-state index contributed by atoms with van der Waals surface area (Å²) >= 11 is 3.45. The van der Waals surface area contributed by atoms with E-state index in [-0.39, 0.29) is 6.03 Å². The maximum absolute atomic E-state index is 12.0. The number of anilines is 1. The van der Waals surface area contributed by atoms with E-state index in [0.717, 1.165) is 27.0 Å². The molecule has 0 bridgehead atoms. The van der Waals surface area contributed by atoms with E-state index in [9.17, 15) is 4.79 Å². The Kier molecular flexibility index (Phi) is 6.04. The van der Waals surface area contributed by atoms with Gasteiger partial charge in [0, 0.05) is 10.2 Å². The van der Waals surface area contributed by atoms with Crippen molar-refractivity contribution in [3.05, 3.63) is 57.6 Å². The average molecular weight is 377 g/mol. The van der Waals surface area contributed by atoms with Crippen molar-refractivity contribution in [3.8, 4) is 5.75 Å². The fourth-order valence-electron chi connectivity index (χ4n) is 2.23. The Bertz CT molecular complexity index is 661. The van der Waals surface area contributed by atoms with Crippen molar-refractivity contribution in [1.82, 2.24) is 5.32 Å². The lowest BCUT2D eigenvalue weighted by Crippen LogP contribution is -2.32. The van der Waals surface area contributed by atoms with Crippen LogP contribution in [0.25, 0.3) is 0 Å². The largest absolute Gasteiger partial charge is 0.492 e. The van der Waals surface area contributed by atoms with Gasteiger partial charge in [0.2, 0.25) is 0 Å². The molecule has 0 aliphatic carbocycles. The third-order valence-electron chi connectivity index (χ3n) is 3.41. The van der Waals surface area contributed by atoms with E-state index < -0.39 is 0 Å². The van der Waals surface area contributed by atoms with E-state index in [1.165, 1.54) is 5.56 Å². The Labute approximate surface area is 145 Å². The molecule has 0 saturated heterocycles. The fourth-order valence-corrected chi connectivity index (χ4v) is 2.92. The van der Waals surface area contributed by atoms with Crippen molar-refractivity contribution >= 4 is 27.6 Å². The van der Waals surface area contributed by atoms with Crippen LogP contribution in [0.15, 0.2) is 40.9 Å². The Balaban J connectivity index is 1.78. The van der Waals surface area contributed by atoms with Crippen molar-refractivity contribution in [2.45, 2.75) is 20.8 Å². The molecule has 122 valence electrons. The smallest absolute Gasteiger partial charge is 0.319 e. The van der Waals surface area contributed by atoms with Crippen molar-refractivity contribution in [3.63, 3.8) is 0 Å². The summed E-state index contributed by atoms with van der Waals surface area (Å²) < 4.78 is 6.58. The fraction of sp³-hybridized carbons (Fsp3) is 0.278. The number of carbonyl (C=O) groups excluding carboxylic acids is 1. The molecule has 0 atom stereocenters. The first-order chi connectivity index (χ1) is 11.0. The van der Waals surface area contributed by atoms with Crippen LogP contribution in [0, 0.1) is 20.8 Å². The number of urea groups is 1. The predicted octanol–water partition coefficient (Wildman–Crippen LogP) is 4.57. The van der Waals surface area contributed by atoms with Crippen molar-refractivity contribution < 1.29 is 9.53 Å². The molecule has 0 fully saturated rings. The number of halogens is 1. The zero-order valence-electron chi connectivity index (χ0n) is 13.6. The van der Waals surface area contributed by atoms with Crippen LogP contribution >= 0.6 is 15.9 Å². The zero-order valence-corrected chi connectivity index (χ0v) is 15.2. The predicted molar refractivity (Wildman–Crippen MR) is 97.3 cm³/mol. The molecule has 0 spiro atoms. The molecule has 0 aliphatic rings. The highest BCUT2D eigenvalue weighted by molar-refractivity contribution is 9.10. The molecule has 23 heavy (non-hydrogen) atoms. The van der Waals surface area contributed by atoms with Gasteiger partial charge in [-0.25, -0.2) is 4.79 Å². The molecule has 4 nitrogen and oxygen atoms in total. The summed E-state index contributed by atoms with van der Waals surface area (Å²) in [5, 5.41) is 5.68. The van der Waals surface area contributed by atoms with Gasteiger partial charge in [0.25, 0.3) is 0 Å². The van der Waals surface area contributed by atoms with Gasteiger partial charge in [-0.1, -0.05) is 33.6 Å². The SMILES string of the molecule is Cc1ccc(OCCNC(=O)Nc2c(C)cc(Br)cc2C)cc1. The number of hydrogen-bond donors (Lipinski definition) is 2. The lowest BCUT2D eigenvalue weighted by atomic mass is 10.1. The number of nitrogens with one attached hydrogen (secondary N) is 2. The summed E-state index contributed by atoms with van der Waals surface area (Å²) in [7, 11) is 0. The van der Waals surface area contributed by atoms with Gasteiger partial charge < -0.3 is 15.4 Å². The number of benzene rings is 2. The van der Waals surface area contributed by atoms with Crippen LogP contribution in [-0.4, -0.2) is 19.2 Å². The lowest BCUT2D eigenvalue weighted by Gasteiger charge is -2.13. The van der Waals surface area contributed by atoms with Gasteiger partial charge in [-0.05, 0) is 56.2 Å². The number of carbonyl (C=O) groups is 1. The first-order valence-electron chi connectivity index (χ1n) is 7.47. The minimum atomic E-state index is -0.231. The van der Waals surface area contributed by atoms with Gasteiger partial charge in [0.05, 0.1) is 6.54 Å². The van der Waals surface area contributed by atoms with Gasteiger partial charge in [-0.15, -0.1) is 0 Å². The highest BCUT2D eigenvalue weighted by Crippen LogP contribution is 2.24. The number of amides is 2. The normalized spacial score (nSPS) is 10.3. The third kappa shape index (κ3) is 5.28. The van der Waals surface area contributed by atoms with Gasteiger partial charge in [-0.2, -0.15) is 0 Å². The minimum absolute atomic E-state index is 0.231. The van der Waals surface area contributed by atoms with Crippen LogP contribution in [0.1, 0.15) is 16.7 Å². The van der Waals surface area contributed by atoms with Crippen LogP contribution in [0.4, 0.5) is 10.5 Å². The van der Waals surface area contributed by atoms with E-state index in [1.54, 1.807) is 0 Å². The van der Waals surface area contributed by atoms with E-state index in [0.29, 0.717) is 13.2 Å². The van der Waals surface area contributed by atoms with E-state index in [4.69, 9.17) is 4.74 Å². The number of aryl methyl sites for hydroxylation is 3. The molecule has 0 aliphatic heterocycles. The molecule has 5 heteroatoms. The van der Waals surface area contributed by atoms with Gasteiger partial charge in [0.1, 0.15) is 12.4 Å². The summed E-state index contributed by atoms with van der Waals surface area (Å²) in [5.74, 6) is 0.803. The van der Waals surface area contributed by atoms with Crippen LogP contribution in [0.3, 0.4) is 0 Å². The van der Waals surface area contributed by atoms with Gasteiger partial charge in [0.15, 0.2) is 0 Å². The molecule has 2 N–H and O–H groups in total. The molecule has 0 radical (unpaired) electrons. The van der Waals surface area contributed by atoms with Crippen LogP contribution in [0.2, 0.25) is 0 Å². The second-order valence-corrected chi connectivity index (χ2v) is 6.37. The minimum Gasteiger partial charge on any atom is -0.492 e. The first kappa shape index (κ1) is 17.3. The number of hydrogen-bond acceptors (Lipinski definition) is 2. The molecule has 2 aromatic rings. The van der Waals surface area contributed by atoms with Gasteiger partial charge in [-0.3, -0.25) is 0 Å². The molecule has 2 aromatic carbocycles. The summed E-state index contributed by atoms with van der Waals surface area (Å²) in [6, 6.07) is 11.6. The zero-order chi connectivity index (χ0) is 16.8. The molecule has 0 aromatic heterocycles. The monoisotopic (exact) mass is 376 g/mol. The van der Waals surface area contributed by atoms with E-state index in [2.05, 4.69) is 26.6 Å². The summed E-state index contributed by atoms with van der Waals surface area (Å²) in [4.78, 5) is 12.0. The maximum Gasteiger partial charge on any atom is 0.319 e. The van der Waals surface area contributed by atoms with E-state index in [1.807, 2.05) is 57.2 Å². The van der Waals surface area contributed by atoms with Crippen molar-refractivity contribution in [2.24, 2.45) is 0 Å². The molecule has 0 saturated carbocycles. The highest BCUT2D eigenvalue weighted by atomic mass is 79.9. The van der Waals surface area contributed by atoms with Crippen molar-refractivity contribution in [2.75, 3.05) is 18.5 Å². The average Bonchev–Trinajstić information content (AvgIpc) is 2.49. The second-order valence-electron chi connectivity index (χ2n) is 5.46. The summed E-state index contributed by atoms with van der Waals surface area (Å²) in [6.45, 7) is 6.83. The number of rotatable bonds is 5. The third-order valence-corrected chi connectivity index (χ3v) is 3.87. The molecule has 2 rings (SSSR count). The Morgan fingerprint density at radius 1 is 1.09 bits per heavy atom. The Morgan fingerprint density at radius 3 is 2.30 bits per heavy atom. The van der Waals surface area contributed by atoms with E-state index >= 15 is 0 Å². The van der Waals surface area contributed by atoms with Crippen molar-refractivity contribution in [1.29, 1.82) is 0 Å². The van der Waals surface area contributed by atoms with Crippen LogP contribution < -0.4 is 15.4 Å². The van der Waals surface area contributed by atoms with Crippen LogP contribution in [0.5, 0.6) is 5.75 Å². The van der Waals surface area contributed by atoms with Crippen LogP contribution in [-0.2, 0) is 0 Å². The van der Waals surface area contributed by atoms with Gasteiger partial charge >= 0.3 is 6.03 Å². The quantitative estimate of drug-likeness (QED) is 0.750. The molecule has 0 unspecified atom stereocenters. The summed E-state index contributed by atoms with van der Waals surface area (Å²) in [6.07, 6.45) is 0. The maximum atomic E-state index is 12.0. The standard InChI is InChI=1S/C18H21BrN2O2/c1-12-4-6-16(7-5-12)23-9-8-20-18(22)21-17-13(2)10-15(19)11-14(17)3/h4-7,10-11H,8-9H2,1-3H3,(H2,20,21,22). The molecular weight excluding hydrogens is 356 g/mol. The highest BCUT2D eigenvalue weighted by Gasteiger charge is 2.08. The summed E-state index contributed by atoms with van der Waals surface area (Å²) in [5.41, 5.74) is 4.06. The second kappa shape index (κ2) is 8.02. The molecule has 0 heterocycles. The Morgan fingerprint density at radius 2 is 1.70 bits per heavy atom. The molecular formula is C18H21BrN2O2. The molecule has 2 amide bonds. The first-order valence-corrected chi connectivity index (χ1v) is 8.26. The number of ether oxygens (including phenoxy) is 1. The topological polar surface area (TPSA) is 50.4 Å². The lowest BCUT2D eigenvalue weighted by molar-refractivity contribution is 0.247. The Hall–Kier alpha value is -2.01.